The molecule has 2 heterocycles. The molecule has 4 rings (SSSR count). The highest BCUT2D eigenvalue weighted by Gasteiger charge is 2.28. The van der Waals surface area contributed by atoms with Gasteiger partial charge in [-0.1, -0.05) is 47.7 Å². The van der Waals surface area contributed by atoms with Crippen molar-refractivity contribution >= 4 is 23.3 Å². The van der Waals surface area contributed by atoms with Crippen LogP contribution >= 0.6 is 0 Å². The molecule has 1 aliphatic rings. The summed E-state index contributed by atoms with van der Waals surface area (Å²) >= 11 is 0. The molecule has 0 unspecified atom stereocenters. The van der Waals surface area contributed by atoms with Crippen molar-refractivity contribution in [2.45, 2.75) is 52.1 Å². The largest absolute Gasteiger partial charge is 0.370 e. The molecule has 0 aliphatic carbocycles. The highest BCUT2D eigenvalue weighted by molar-refractivity contribution is 6.01. The second-order valence-corrected chi connectivity index (χ2v) is 8.29. The van der Waals surface area contributed by atoms with Crippen molar-refractivity contribution < 1.29 is 14.4 Å². The van der Waals surface area contributed by atoms with Crippen LogP contribution < -0.4 is 10.6 Å². The van der Waals surface area contributed by atoms with Gasteiger partial charge in [0.1, 0.15) is 11.5 Å². The highest BCUT2D eigenvalue weighted by Crippen LogP contribution is 2.41. The average molecular weight is 446 g/mol. The zero-order valence-electron chi connectivity index (χ0n) is 18.7. The van der Waals surface area contributed by atoms with E-state index < -0.39 is 0 Å². The predicted molar refractivity (Wildman–Crippen MR) is 125 cm³/mol. The van der Waals surface area contributed by atoms with E-state index in [1.165, 1.54) is 6.92 Å². The van der Waals surface area contributed by atoms with Gasteiger partial charge in [-0.3, -0.25) is 9.59 Å². The second kappa shape index (κ2) is 9.77. The molecule has 0 atom stereocenters. The maximum atomic E-state index is 13.2. The van der Waals surface area contributed by atoms with E-state index in [-0.39, 0.29) is 30.4 Å². The summed E-state index contributed by atoms with van der Waals surface area (Å²) in [6.07, 6.45) is 2.09. The van der Waals surface area contributed by atoms with E-state index in [2.05, 4.69) is 10.3 Å². The second-order valence-electron chi connectivity index (χ2n) is 8.29. The van der Waals surface area contributed by atoms with Crippen LogP contribution in [0.15, 0.2) is 48.5 Å². The molecule has 2 amide bonds. The lowest BCUT2D eigenvalue weighted by Crippen LogP contribution is -2.32. The number of unbranched alkanes of at least 4 members (excludes halogenated alkanes) is 1. The fraction of sp³-hybridized carbons (Fsp3) is 0.320. The summed E-state index contributed by atoms with van der Waals surface area (Å²) in [4.78, 5) is 37.6. The SMILES string of the molecule is CC(=O)CCC(=O)N1Cc2ccccc2-c2nnn(CCCCC(N)=O)c2-c2ccccc21. The minimum Gasteiger partial charge on any atom is -0.370 e. The first-order valence-electron chi connectivity index (χ1n) is 11.1. The van der Waals surface area contributed by atoms with Crippen molar-refractivity contribution in [1.82, 2.24) is 15.0 Å². The maximum Gasteiger partial charge on any atom is 0.227 e. The van der Waals surface area contributed by atoms with Gasteiger partial charge in [-0.15, -0.1) is 5.10 Å². The molecule has 2 N–H and O–H groups in total. The van der Waals surface area contributed by atoms with Gasteiger partial charge in [-0.25, -0.2) is 4.68 Å². The fourth-order valence-electron chi connectivity index (χ4n) is 4.17. The number of aromatic nitrogens is 3. The number of amides is 2. The van der Waals surface area contributed by atoms with Crippen LogP contribution in [0.3, 0.4) is 0 Å². The van der Waals surface area contributed by atoms with Crippen molar-refractivity contribution in [2.75, 3.05) is 4.90 Å². The lowest BCUT2D eigenvalue weighted by molar-refractivity contribution is -0.123. The Morgan fingerprint density at radius 1 is 0.939 bits per heavy atom. The van der Waals surface area contributed by atoms with Crippen LogP contribution in [-0.4, -0.2) is 32.6 Å². The molecule has 1 aromatic heterocycles. The number of para-hydroxylation sites is 1. The summed E-state index contributed by atoms with van der Waals surface area (Å²) in [5, 5.41) is 8.94. The number of nitrogens with zero attached hydrogens (tertiary/aromatic N) is 4. The molecule has 0 saturated carbocycles. The van der Waals surface area contributed by atoms with E-state index >= 15 is 0 Å². The monoisotopic (exact) mass is 445 g/mol. The van der Waals surface area contributed by atoms with Crippen LogP contribution in [0.4, 0.5) is 5.69 Å². The number of benzene rings is 2. The summed E-state index contributed by atoms with van der Waals surface area (Å²) in [5.41, 5.74) is 10.4. The number of hydrogen-bond donors (Lipinski definition) is 1. The molecule has 2 aromatic carbocycles. The number of nitrogens with two attached hydrogens (primary N) is 1. The normalized spacial score (nSPS) is 12.2. The third kappa shape index (κ3) is 4.84. The summed E-state index contributed by atoms with van der Waals surface area (Å²) < 4.78 is 1.84. The van der Waals surface area contributed by atoms with E-state index in [0.717, 1.165) is 40.2 Å². The lowest BCUT2D eigenvalue weighted by atomic mass is 9.95. The Balaban J connectivity index is 1.81. The summed E-state index contributed by atoms with van der Waals surface area (Å²) in [7, 11) is 0. The number of carbonyl (C=O) groups excluding carboxylic acids is 3. The van der Waals surface area contributed by atoms with E-state index in [0.29, 0.717) is 25.9 Å². The number of primary amides is 1. The van der Waals surface area contributed by atoms with Gasteiger partial charge in [0.25, 0.3) is 0 Å². The Hall–Kier alpha value is -3.81. The van der Waals surface area contributed by atoms with E-state index in [1.54, 1.807) is 4.90 Å². The van der Waals surface area contributed by atoms with Crippen LogP contribution in [0.1, 0.15) is 44.6 Å². The van der Waals surface area contributed by atoms with Crippen molar-refractivity contribution in [3.05, 3.63) is 54.1 Å². The van der Waals surface area contributed by atoms with E-state index in [9.17, 15) is 14.4 Å². The van der Waals surface area contributed by atoms with Crippen molar-refractivity contribution in [1.29, 1.82) is 0 Å². The van der Waals surface area contributed by atoms with Gasteiger partial charge in [0.15, 0.2) is 0 Å². The third-order valence-electron chi connectivity index (χ3n) is 5.82. The van der Waals surface area contributed by atoms with Crippen LogP contribution in [0.25, 0.3) is 22.5 Å². The molecule has 0 radical (unpaired) electrons. The number of fused-ring (bicyclic) bond motifs is 5. The van der Waals surface area contributed by atoms with E-state index in [4.69, 9.17) is 5.73 Å². The predicted octanol–water partition coefficient (Wildman–Crippen LogP) is 3.48. The number of carbonyl (C=O) groups is 3. The number of aryl methyl sites for hydroxylation is 1. The Kier molecular flexibility index (Phi) is 6.63. The van der Waals surface area contributed by atoms with Crippen molar-refractivity contribution in [3.8, 4) is 22.5 Å². The number of Topliss-reactive ketones (excluding diaryl/α,β-unsaturated/α-hetero) is 1. The Morgan fingerprint density at radius 3 is 2.42 bits per heavy atom. The first-order chi connectivity index (χ1) is 16.0. The zero-order chi connectivity index (χ0) is 23.4. The number of hydrogen-bond acceptors (Lipinski definition) is 5. The molecular formula is C25H27N5O3. The van der Waals surface area contributed by atoms with Gasteiger partial charge < -0.3 is 15.4 Å². The van der Waals surface area contributed by atoms with Gasteiger partial charge in [0.05, 0.1) is 17.9 Å². The highest BCUT2D eigenvalue weighted by atomic mass is 16.2. The van der Waals surface area contributed by atoms with Crippen molar-refractivity contribution in [2.24, 2.45) is 5.73 Å². The number of rotatable bonds is 8. The molecule has 3 aromatic rings. The van der Waals surface area contributed by atoms with Crippen LogP contribution in [-0.2, 0) is 27.5 Å². The van der Waals surface area contributed by atoms with Crippen molar-refractivity contribution in [3.63, 3.8) is 0 Å². The van der Waals surface area contributed by atoms with Gasteiger partial charge in [0, 0.05) is 36.9 Å². The van der Waals surface area contributed by atoms with Crippen LogP contribution in [0, 0.1) is 0 Å². The van der Waals surface area contributed by atoms with Crippen LogP contribution in [0.5, 0.6) is 0 Å². The minimum atomic E-state index is -0.317. The zero-order valence-corrected chi connectivity index (χ0v) is 18.7. The summed E-state index contributed by atoms with van der Waals surface area (Å²) in [5.74, 6) is -0.427. The fourth-order valence-corrected chi connectivity index (χ4v) is 4.17. The van der Waals surface area contributed by atoms with Gasteiger partial charge in [-0.2, -0.15) is 0 Å². The molecule has 1 aliphatic heterocycles. The first kappa shape index (κ1) is 22.4. The minimum absolute atomic E-state index is 0.00963. The summed E-state index contributed by atoms with van der Waals surface area (Å²) in [6, 6.07) is 15.6. The van der Waals surface area contributed by atoms with E-state index in [1.807, 2.05) is 53.2 Å². The first-order valence-corrected chi connectivity index (χ1v) is 11.1. The molecule has 0 saturated heterocycles. The standard InChI is InChI=1S/C25H27N5O3/c1-17(31)13-14-23(33)29-16-18-8-2-3-9-19(18)24-25(20-10-4-5-11-21(20)29)30(28-27-24)15-7-6-12-22(26)32/h2-5,8-11H,6-7,12-16H2,1H3,(H2,26,32). The Labute approximate surface area is 192 Å². The Bertz CT molecular complexity index is 1200. The molecule has 0 spiro atoms. The smallest absolute Gasteiger partial charge is 0.227 e. The molecule has 0 bridgehead atoms. The molecule has 8 heteroatoms. The number of anilines is 1. The molecule has 0 fully saturated rings. The van der Waals surface area contributed by atoms with Gasteiger partial charge in [-0.05, 0) is 31.4 Å². The summed E-state index contributed by atoms with van der Waals surface area (Å²) in [6.45, 7) is 2.46. The molecule has 170 valence electrons. The number of ketones is 1. The van der Waals surface area contributed by atoms with Crippen LogP contribution in [0.2, 0.25) is 0 Å². The topological polar surface area (TPSA) is 111 Å². The third-order valence-corrected chi connectivity index (χ3v) is 5.82. The molecule has 33 heavy (non-hydrogen) atoms. The van der Waals surface area contributed by atoms with Gasteiger partial charge in [0.2, 0.25) is 11.8 Å². The maximum absolute atomic E-state index is 13.2. The lowest BCUT2D eigenvalue weighted by Gasteiger charge is -2.28. The molecule has 8 nitrogen and oxygen atoms in total. The molecular weight excluding hydrogens is 418 g/mol. The van der Waals surface area contributed by atoms with Gasteiger partial charge >= 0.3 is 0 Å². The Morgan fingerprint density at radius 2 is 1.67 bits per heavy atom. The average Bonchev–Trinajstić information content (AvgIpc) is 3.21. The quantitative estimate of drug-likeness (QED) is 0.534.